The lowest BCUT2D eigenvalue weighted by Crippen LogP contribution is -2.23. The van der Waals surface area contributed by atoms with E-state index in [2.05, 4.69) is 59.5 Å². The molecule has 1 aliphatic carbocycles. The van der Waals surface area contributed by atoms with E-state index in [0.717, 1.165) is 31.3 Å². The molecule has 0 amide bonds. The van der Waals surface area contributed by atoms with Gasteiger partial charge in [0.15, 0.2) is 5.83 Å². The van der Waals surface area contributed by atoms with E-state index in [4.69, 9.17) is 0 Å². The second kappa shape index (κ2) is 6.61. The molecule has 0 nitrogen and oxygen atoms in total. The van der Waals surface area contributed by atoms with Gasteiger partial charge in [-0.3, -0.25) is 0 Å². The van der Waals surface area contributed by atoms with Crippen molar-refractivity contribution in [2.75, 3.05) is 0 Å². The number of halogens is 1. The Morgan fingerprint density at radius 3 is 2.05 bits per heavy atom. The van der Waals surface area contributed by atoms with Crippen LogP contribution in [-0.4, -0.2) is 0 Å². The smallest absolute Gasteiger partial charge is 0.176 e. The third-order valence-corrected chi connectivity index (χ3v) is 5.61. The minimum Gasteiger partial charge on any atom is -0.197 e. The molecule has 0 aliphatic heterocycles. The third kappa shape index (κ3) is 3.17. The van der Waals surface area contributed by atoms with Gasteiger partial charge in [0, 0.05) is 11.5 Å². The number of hydrogen-bond donors (Lipinski definition) is 0. The quantitative estimate of drug-likeness (QED) is 0.518. The first-order valence-corrected chi connectivity index (χ1v) is 7.96. The van der Waals surface area contributed by atoms with Crippen LogP contribution in [0.4, 0.5) is 4.39 Å². The van der Waals surface area contributed by atoms with Crippen LogP contribution in [0.25, 0.3) is 0 Å². The highest BCUT2D eigenvalue weighted by atomic mass is 19.1. The van der Waals surface area contributed by atoms with Gasteiger partial charge in [0.05, 0.1) is 0 Å². The Hall–Kier alpha value is -1.03. The van der Waals surface area contributed by atoms with E-state index >= 15 is 0 Å². The van der Waals surface area contributed by atoms with E-state index in [1.165, 1.54) is 0 Å². The lowest BCUT2D eigenvalue weighted by Gasteiger charge is -2.31. The zero-order chi connectivity index (χ0) is 15.4. The molecule has 1 unspecified atom stereocenters. The van der Waals surface area contributed by atoms with Crippen molar-refractivity contribution in [2.45, 2.75) is 67.2 Å². The van der Waals surface area contributed by atoms with Crippen molar-refractivity contribution in [2.24, 2.45) is 16.7 Å². The topological polar surface area (TPSA) is 0 Å². The van der Waals surface area contributed by atoms with Crippen LogP contribution in [0.1, 0.15) is 67.2 Å². The molecule has 0 aromatic rings. The summed E-state index contributed by atoms with van der Waals surface area (Å²) in [6.45, 7) is 13.0. The second-order valence-electron chi connectivity index (χ2n) is 6.46. The molecule has 1 rings (SSSR count). The summed E-state index contributed by atoms with van der Waals surface area (Å²) in [5.74, 6) is 5.85. The molecule has 1 aliphatic rings. The number of allylic oxidation sites excluding steroid dienone is 4. The molecule has 0 saturated heterocycles. The first-order chi connectivity index (χ1) is 9.36. The highest BCUT2D eigenvalue weighted by Gasteiger charge is 2.31. The molecule has 0 radical (unpaired) electrons. The number of rotatable bonds is 6. The summed E-state index contributed by atoms with van der Waals surface area (Å²) in [5, 5.41) is 0. The molecule has 0 spiro atoms. The minimum absolute atomic E-state index is 0.112. The van der Waals surface area contributed by atoms with Gasteiger partial charge < -0.3 is 0 Å². The van der Waals surface area contributed by atoms with Crippen molar-refractivity contribution in [1.29, 1.82) is 0 Å². The van der Waals surface area contributed by atoms with Gasteiger partial charge in [0.25, 0.3) is 0 Å². The molecule has 0 heterocycles. The molecule has 0 N–H and O–H groups in total. The molecule has 20 heavy (non-hydrogen) atoms. The predicted octanol–water partition coefficient (Wildman–Crippen LogP) is 6.05. The van der Waals surface area contributed by atoms with Crippen LogP contribution < -0.4 is 0 Å². The fraction of sp³-hybridized carbons (Fsp3) is 0.684. The van der Waals surface area contributed by atoms with Gasteiger partial charge in [-0.05, 0) is 42.4 Å². The molecule has 0 saturated carbocycles. The molecule has 0 bridgehead atoms. The van der Waals surface area contributed by atoms with Gasteiger partial charge >= 0.3 is 0 Å². The van der Waals surface area contributed by atoms with Gasteiger partial charge in [0.1, 0.15) is 0 Å². The largest absolute Gasteiger partial charge is 0.197 e. The Bertz CT molecular complexity index is 448. The van der Waals surface area contributed by atoms with Gasteiger partial charge in [-0.25, -0.2) is 0 Å². The Labute approximate surface area is 124 Å². The fourth-order valence-corrected chi connectivity index (χ4v) is 2.72. The van der Waals surface area contributed by atoms with E-state index in [-0.39, 0.29) is 22.6 Å². The maximum atomic E-state index is 14.4. The summed E-state index contributed by atoms with van der Waals surface area (Å²) >= 11 is 0. The van der Waals surface area contributed by atoms with E-state index in [0.29, 0.717) is 0 Å². The Morgan fingerprint density at radius 2 is 1.60 bits per heavy atom. The van der Waals surface area contributed by atoms with Crippen LogP contribution in [0.5, 0.6) is 0 Å². The highest BCUT2D eigenvalue weighted by Crippen LogP contribution is 2.41. The first kappa shape index (κ1) is 17.0. The summed E-state index contributed by atoms with van der Waals surface area (Å²) in [6, 6.07) is 0. The predicted molar refractivity (Wildman–Crippen MR) is 85.9 cm³/mol. The van der Waals surface area contributed by atoms with Crippen molar-refractivity contribution in [3.8, 4) is 11.8 Å². The zero-order valence-corrected chi connectivity index (χ0v) is 13.9. The molecule has 112 valence electrons. The van der Waals surface area contributed by atoms with Crippen molar-refractivity contribution in [1.82, 2.24) is 0 Å². The van der Waals surface area contributed by atoms with E-state index in [1.54, 1.807) is 0 Å². The first-order valence-electron chi connectivity index (χ1n) is 7.96. The lowest BCUT2D eigenvalue weighted by molar-refractivity contribution is 0.251. The van der Waals surface area contributed by atoms with Crippen LogP contribution in [0.3, 0.4) is 0 Å². The maximum Gasteiger partial charge on any atom is 0.176 e. The third-order valence-electron chi connectivity index (χ3n) is 5.61. The molecule has 0 aromatic heterocycles. The van der Waals surface area contributed by atoms with Crippen LogP contribution >= 0.6 is 0 Å². The zero-order valence-electron chi connectivity index (χ0n) is 13.9. The van der Waals surface area contributed by atoms with Gasteiger partial charge in [-0.1, -0.05) is 59.6 Å². The van der Waals surface area contributed by atoms with Crippen LogP contribution in [0.15, 0.2) is 23.6 Å². The fourth-order valence-electron chi connectivity index (χ4n) is 2.72. The van der Waals surface area contributed by atoms with Crippen LogP contribution in [-0.2, 0) is 0 Å². The van der Waals surface area contributed by atoms with Gasteiger partial charge in [0.2, 0.25) is 0 Å². The molecular formula is C19H29F. The van der Waals surface area contributed by atoms with E-state index in [9.17, 15) is 4.39 Å². The minimum atomic E-state index is -0.232. The standard InChI is InChI=1S/C19H29F/c1-7-18(5,8-2)15-11-13-16(17(20)14-12-15)19(6,9-3)10-4/h11,13,15H,7-10H2,1-6H3. The van der Waals surface area contributed by atoms with Gasteiger partial charge in [-0.2, -0.15) is 4.39 Å². The summed E-state index contributed by atoms with van der Waals surface area (Å²) in [6.07, 6.45) is 8.10. The maximum absolute atomic E-state index is 14.4. The second-order valence-corrected chi connectivity index (χ2v) is 6.46. The summed E-state index contributed by atoms with van der Waals surface area (Å²) < 4.78 is 14.4. The normalized spacial score (nSPS) is 19.6. The lowest BCUT2D eigenvalue weighted by atomic mass is 9.72. The van der Waals surface area contributed by atoms with Crippen molar-refractivity contribution in [3.63, 3.8) is 0 Å². The molecular weight excluding hydrogens is 247 g/mol. The van der Waals surface area contributed by atoms with Crippen LogP contribution in [0, 0.1) is 28.6 Å². The summed E-state index contributed by atoms with van der Waals surface area (Å²) in [5.41, 5.74) is 0.805. The monoisotopic (exact) mass is 276 g/mol. The Morgan fingerprint density at radius 1 is 1.05 bits per heavy atom. The van der Waals surface area contributed by atoms with Crippen molar-refractivity contribution >= 4 is 0 Å². The average Bonchev–Trinajstić information content (AvgIpc) is 2.68. The molecule has 1 heteroatoms. The highest BCUT2D eigenvalue weighted by molar-refractivity contribution is 5.42. The van der Waals surface area contributed by atoms with E-state index in [1.807, 2.05) is 6.08 Å². The van der Waals surface area contributed by atoms with Crippen molar-refractivity contribution < 1.29 is 4.39 Å². The molecule has 0 aromatic carbocycles. The molecule has 1 atom stereocenters. The Kier molecular flexibility index (Phi) is 5.63. The SMILES string of the molecule is CCC(C)(CC)C1=C(F)C#CC(C(C)(CC)CC)C=C1. The Balaban J connectivity index is 3.18. The summed E-state index contributed by atoms with van der Waals surface area (Å²) in [7, 11) is 0. The van der Waals surface area contributed by atoms with Gasteiger partial charge in [-0.15, -0.1) is 0 Å². The average molecular weight is 276 g/mol. The van der Waals surface area contributed by atoms with E-state index < -0.39 is 0 Å². The number of hydrogen-bond acceptors (Lipinski definition) is 0. The molecule has 0 fully saturated rings. The van der Waals surface area contributed by atoms with Crippen LogP contribution in [0.2, 0.25) is 0 Å². The summed E-state index contributed by atoms with van der Waals surface area (Å²) in [4.78, 5) is 0. The van der Waals surface area contributed by atoms with Crippen molar-refractivity contribution in [3.05, 3.63) is 23.6 Å².